The maximum absolute atomic E-state index is 4.81. The standard InChI is InChI=1S/C33H21N5/c1-2-10-23(11-3-1)37-28-15-6-4-12-25(28)30-32(37)33-31(36-35-30)26-13-5-7-16-29(26)38(33)24-19-17-22(18-20-24)27-14-8-9-21-34-27/h1-21H. The summed E-state index contributed by atoms with van der Waals surface area (Å²) < 4.78 is 4.64. The van der Waals surface area contributed by atoms with E-state index in [1.165, 1.54) is 0 Å². The largest absolute Gasteiger partial charge is 0.306 e. The minimum atomic E-state index is 0.891. The normalized spacial score (nSPS) is 11.7. The highest BCUT2D eigenvalue weighted by molar-refractivity contribution is 6.20. The summed E-state index contributed by atoms with van der Waals surface area (Å²) in [7, 11) is 0. The van der Waals surface area contributed by atoms with Crippen LogP contribution in [-0.4, -0.2) is 24.3 Å². The van der Waals surface area contributed by atoms with E-state index in [0.717, 1.165) is 66.5 Å². The lowest BCUT2D eigenvalue weighted by molar-refractivity contribution is 1.10. The molecular weight excluding hydrogens is 466 g/mol. The van der Waals surface area contributed by atoms with E-state index in [-0.39, 0.29) is 0 Å². The SMILES string of the molecule is c1ccc(-n2c3ccccc3c3nnc4c5ccccc5n(-c5ccc(-c6ccccn6)cc5)c4c32)cc1. The first kappa shape index (κ1) is 20.9. The Morgan fingerprint density at radius 2 is 0.974 bits per heavy atom. The molecular formula is C33H21N5. The van der Waals surface area contributed by atoms with Gasteiger partial charge >= 0.3 is 0 Å². The van der Waals surface area contributed by atoms with E-state index in [1.807, 2.05) is 30.5 Å². The van der Waals surface area contributed by atoms with Gasteiger partial charge in [-0.3, -0.25) is 4.98 Å². The Labute approximate surface area is 218 Å². The molecule has 0 saturated carbocycles. The number of para-hydroxylation sites is 3. The van der Waals surface area contributed by atoms with Gasteiger partial charge in [-0.05, 0) is 48.5 Å². The number of hydrogen-bond acceptors (Lipinski definition) is 3. The van der Waals surface area contributed by atoms with Crippen LogP contribution in [0.5, 0.6) is 0 Å². The molecule has 0 saturated heterocycles. The third kappa shape index (κ3) is 2.96. The number of benzene rings is 4. The van der Waals surface area contributed by atoms with Gasteiger partial charge in [-0.2, -0.15) is 0 Å². The lowest BCUT2D eigenvalue weighted by Gasteiger charge is -2.12. The third-order valence-corrected chi connectivity index (χ3v) is 7.27. The molecule has 178 valence electrons. The highest BCUT2D eigenvalue weighted by Gasteiger charge is 2.22. The molecule has 0 aliphatic rings. The molecule has 8 rings (SSSR count). The monoisotopic (exact) mass is 487 g/mol. The first-order valence-electron chi connectivity index (χ1n) is 12.6. The van der Waals surface area contributed by atoms with Crippen molar-refractivity contribution in [2.24, 2.45) is 0 Å². The van der Waals surface area contributed by atoms with Gasteiger partial charge in [0.25, 0.3) is 0 Å². The Morgan fingerprint density at radius 3 is 1.55 bits per heavy atom. The first-order chi connectivity index (χ1) is 18.9. The number of nitrogens with zero attached hydrogens (tertiary/aromatic N) is 5. The molecule has 0 aliphatic carbocycles. The fourth-order valence-corrected chi connectivity index (χ4v) is 5.61. The number of pyridine rings is 1. The summed E-state index contributed by atoms with van der Waals surface area (Å²) in [4.78, 5) is 4.52. The van der Waals surface area contributed by atoms with Gasteiger partial charge in [0.15, 0.2) is 0 Å². The molecule has 0 radical (unpaired) electrons. The Bertz CT molecular complexity index is 2110. The second kappa shape index (κ2) is 8.11. The van der Waals surface area contributed by atoms with Gasteiger partial charge in [0, 0.05) is 33.9 Å². The van der Waals surface area contributed by atoms with Gasteiger partial charge in [0.2, 0.25) is 0 Å². The van der Waals surface area contributed by atoms with Gasteiger partial charge in [0.05, 0.1) is 16.7 Å². The Morgan fingerprint density at radius 1 is 0.447 bits per heavy atom. The molecule has 4 aromatic carbocycles. The molecule has 0 bridgehead atoms. The lowest BCUT2D eigenvalue weighted by atomic mass is 10.1. The fraction of sp³-hybridized carbons (Fsp3) is 0. The van der Waals surface area contributed by atoms with Crippen LogP contribution < -0.4 is 0 Å². The maximum Gasteiger partial charge on any atom is 0.121 e. The zero-order chi connectivity index (χ0) is 25.1. The van der Waals surface area contributed by atoms with Gasteiger partial charge < -0.3 is 9.13 Å². The topological polar surface area (TPSA) is 48.5 Å². The molecule has 5 nitrogen and oxygen atoms in total. The molecule has 4 heterocycles. The van der Waals surface area contributed by atoms with Crippen LogP contribution in [0.1, 0.15) is 0 Å². The van der Waals surface area contributed by atoms with E-state index in [2.05, 4.69) is 111 Å². The van der Waals surface area contributed by atoms with Crippen LogP contribution in [0.4, 0.5) is 0 Å². The quantitative estimate of drug-likeness (QED) is 0.256. The Balaban J connectivity index is 1.52. The minimum Gasteiger partial charge on any atom is -0.306 e. The van der Waals surface area contributed by atoms with Gasteiger partial charge in [-0.15, -0.1) is 10.2 Å². The van der Waals surface area contributed by atoms with E-state index in [1.54, 1.807) is 0 Å². The van der Waals surface area contributed by atoms with Crippen molar-refractivity contribution in [3.05, 3.63) is 128 Å². The summed E-state index contributed by atoms with van der Waals surface area (Å²) >= 11 is 0. The highest BCUT2D eigenvalue weighted by atomic mass is 15.2. The van der Waals surface area contributed by atoms with Crippen LogP contribution in [0.25, 0.3) is 66.5 Å². The van der Waals surface area contributed by atoms with Gasteiger partial charge in [-0.1, -0.05) is 72.8 Å². The maximum atomic E-state index is 4.81. The molecule has 0 amide bonds. The van der Waals surface area contributed by atoms with Crippen LogP contribution in [0.3, 0.4) is 0 Å². The van der Waals surface area contributed by atoms with E-state index >= 15 is 0 Å². The first-order valence-corrected chi connectivity index (χ1v) is 12.6. The van der Waals surface area contributed by atoms with Crippen molar-refractivity contribution in [2.45, 2.75) is 0 Å². The zero-order valence-corrected chi connectivity index (χ0v) is 20.4. The predicted octanol–water partition coefficient (Wildman–Crippen LogP) is 7.73. The smallest absolute Gasteiger partial charge is 0.121 e. The van der Waals surface area contributed by atoms with Gasteiger partial charge in [-0.25, -0.2) is 0 Å². The average molecular weight is 488 g/mol. The summed E-state index contributed by atoms with van der Waals surface area (Å²) in [6, 6.07) is 41.9. The number of aromatic nitrogens is 5. The fourth-order valence-electron chi connectivity index (χ4n) is 5.61. The van der Waals surface area contributed by atoms with Crippen molar-refractivity contribution in [3.8, 4) is 22.6 Å². The lowest BCUT2D eigenvalue weighted by Crippen LogP contribution is -1.99. The summed E-state index contributed by atoms with van der Waals surface area (Å²) in [5.74, 6) is 0. The molecule has 0 spiro atoms. The molecule has 0 N–H and O–H groups in total. The Kier molecular flexibility index (Phi) is 4.45. The highest BCUT2D eigenvalue weighted by Crippen LogP contribution is 2.39. The predicted molar refractivity (Wildman–Crippen MR) is 154 cm³/mol. The number of rotatable bonds is 3. The van der Waals surface area contributed by atoms with Crippen molar-refractivity contribution in [2.75, 3.05) is 0 Å². The summed E-state index contributed by atoms with van der Waals surface area (Å²) in [6.45, 7) is 0. The van der Waals surface area contributed by atoms with Gasteiger partial charge in [0.1, 0.15) is 22.1 Å². The summed E-state index contributed by atoms with van der Waals surface area (Å²) in [5, 5.41) is 11.8. The van der Waals surface area contributed by atoms with E-state index in [0.29, 0.717) is 0 Å². The van der Waals surface area contributed by atoms with E-state index in [4.69, 9.17) is 10.2 Å². The van der Waals surface area contributed by atoms with Crippen LogP contribution in [0.2, 0.25) is 0 Å². The van der Waals surface area contributed by atoms with Crippen molar-refractivity contribution < 1.29 is 0 Å². The van der Waals surface area contributed by atoms with Crippen molar-refractivity contribution >= 4 is 43.9 Å². The molecule has 0 unspecified atom stereocenters. The third-order valence-electron chi connectivity index (χ3n) is 7.27. The van der Waals surface area contributed by atoms with Crippen molar-refractivity contribution in [1.29, 1.82) is 0 Å². The molecule has 0 aliphatic heterocycles. The summed E-state index contributed by atoms with van der Waals surface area (Å²) in [6.07, 6.45) is 1.83. The van der Waals surface area contributed by atoms with Crippen molar-refractivity contribution in [1.82, 2.24) is 24.3 Å². The molecule has 5 heteroatoms. The summed E-state index contributed by atoms with van der Waals surface area (Å²) in [5.41, 5.74) is 10.3. The Hall–Kier alpha value is -5.29. The molecule has 0 fully saturated rings. The van der Waals surface area contributed by atoms with Crippen LogP contribution in [-0.2, 0) is 0 Å². The van der Waals surface area contributed by atoms with Crippen LogP contribution in [0.15, 0.2) is 128 Å². The van der Waals surface area contributed by atoms with E-state index in [9.17, 15) is 0 Å². The second-order valence-electron chi connectivity index (χ2n) is 9.40. The second-order valence-corrected chi connectivity index (χ2v) is 9.40. The minimum absolute atomic E-state index is 0.891. The molecule has 8 aromatic rings. The van der Waals surface area contributed by atoms with E-state index < -0.39 is 0 Å². The van der Waals surface area contributed by atoms with Crippen LogP contribution in [0, 0.1) is 0 Å². The average Bonchev–Trinajstić information content (AvgIpc) is 3.51. The molecule has 4 aromatic heterocycles. The zero-order valence-electron chi connectivity index (χ0n) is 20.4. The van der Waals surface area contributed by atoms with Crippen molar-refractivity contribution in [3.63, 3.8) is 0 Å². The molecule has 0 atom stereocenters. The van der Waals surface area contributed by atoms with Crippen LogP contribution >= 0.6 is 0 Å². The number of fused-ring (bicyclic) bond motifs is 7. The molecule has 38 heavy (non-hydrogen) atoms. The number of hydrogen-bond donors (Lipinski definition) is 0.